The molecule has 4 amide bonds. The summed E-state index contributed by atoms with van der Waals surface area (Å²) in [6.07, 6.45) is 2.47. The van der Waals surface area contributed by atoms with Crippen molar-refractivity contribution in [3.8, 4) is 0 Å². The van der Waals surface area contributed by atoms with Gasteiger partial charge < -0.3 is 24.9 Å². The number of urea groups is 1. The average molecular weight is 336 g/mol. The molecule has 0 bridgehead atoms. The highest BCUT2D eigenvalue weighted by Gasteiger charge is 2.21. The number of carbonyl (C=O) groups is 3. The molecule has 0 unspecified atom stereocenters. The Morgan fingerprint density at radius 3 is 2.38 bits per heavy atom. The van der Waals surface area contributed by atoms with Crippen molar-refractivity contribution in [3.63, 3.8) is 0 Å². The zero-order valence-electron chi connectivity index (χ0n) is 13.9. The van der Waals surface area contributed by atoms with Gasteiger partial charge in [0.2, 0.25) is 11.8 Å². The van der Waals surface area contributed by atoms with Crippen molar-refractivity contribution in [3.05, 3.63) is 24.2 Å². The van der Waals surface area contributed by atoms with E-state index in [-0.39, 0.29) is 24.3 Å². The monoisotopic (exact) mass is 336 g/mol. The molecule has 1 aromatic heterocycles. The van der Waals surface area contributed by atoms with Crippen molar-refractivity contribution in [1.82, 2.24) is 20.4 Å². The molecule has 1 saturated heterocycles. The van der Waals surface area contributed by atoms with Crippen LogP contribution in [0.5, 0.6) is 0 Å². The van der Waals surface area contributed by atoms with Gasteiger partial charge in [0.25, 0.3) is 0 Å². The summed E-state index contributed by atoms with van der Waals surface area (Å²) in [5, 5.41) is 5.38. The van der Waals surface area contributed by atoms with Crippen LogP contribution < -0.4 is 10.6 Å². The number of rotatable bonds is 6. The van der Waals surface area contributed by atoms with E-state index in [2.05, 4.69) is 10.6 Å². The number of furan rings is 1. The second kappa shape index (κ2) is 8.95. The summed E-state index contributed by atoms with van der Waals surface area (Å²) in [6.45, 7) is 4.54. The van der Waals surface area contributed by atoms with Crippen LogP contribution in [0.2, 0.25) is 0 Å². The van der Waals surface area contributed by atoms with Gasteiger partial charge in [0.05, 0.1) is 6.26 Å². The first kappa shape index (κ1) is 17.8. The normalized spacial score (nSPS) is 14.4. The first-order valence-electron chi connectivity index (χ1n) is 8.13. The summed E-state index contributed by atoms with van der Waals surface area (Å²) in [5.74, 6) is 0.847. The summed E-state index contributed by atoms with van der Waals surface area (Å²) in [6, 6.07) is 3.36. The quantitative estimate of drug-likeness (QED) is 0.776. The fourth-order valence-corrected chi connectivity index (χ4v) is 2.53. The lowest BCUT2D eigenvalue weighted by atomic mass is 10.2. The van der Waals surface area contributed by atoms with E-state index < -0.39 is 0 Å². The van der Waals surface area contributed by atoms with E-state index in [4.69, 9.17) is 4.42 Å². The van der Waals surface area contributed by atoms with Gasteiger partial charge in [0.15, 0.2) is 0 Å². The van der Waals surface area contributed by atoms with Crippen LogP contribution in [0.1, 0.15) is 19.1 Å². The molecule has 0 aromatic carbocycles. The largest absolute Gasteiger partial charge is 0.469 e. The van der Waals surface area contributed by atoms with E-state index in [0.29, 0.717) is 45.7 Å². The van der Waals surface area contributed by atoms with Gasteiger partial charge in [-0.25, -0.2) is 4.79 Å². The number of piperazine rings is 1. The summed E-state index contributed by atoms with van der Waals surface area (Å²) in [5.41, 5.74) is 0. The van der Waals surface area contributed by atoms with Crippen molar-refractivity contribution in [2.75, 3.05) is 39.3 Å². The van der Waals surface area contributed by atoms with Crippen molar-refractivity contribution in [1.29, 1.82) is 0 Å². The standard InChI is InChI=1S/C16H24N4O4/c1-13(21)19-8-10-20(11-9-19)15(22)5-7-18-16(23)17-6-4-14-3-2-12-24-14/h2-3,12H,4-11H2,1H3,(H2,17,18,23). The number of carbonyl (C=O) groups excluding carboxylic acids is 3. The minimum atomic E-state index is -0.296. The van der Waals surface area contributed by atoms with E-state index in [9.17, 15) is 14.4 Å². The Hall–Kier alpha value is -2.51. The van der Waals surface area contributed by atoms with Crippen molar-refractivity contribution in [2.45, 2.75) is 19.8 Å². The highest BCUT2D eigenvalue weighted by Crippen LogP contribution is 2.04. The van der Waals surface area contributed by atoms with Gasteiger partial charge in [0, 0.05) is 59.0 Å². The van der Waals surface area contributed by atoms with E-state index in [1.807, 2.05) is 6.07 Å². The maximum atomic E-state index is 12.1. The highest BCUT2D eigenvalue weighted by molar-refractivity contribution is 5.79. The van der Waals surface area contributed by atoms with Crippen molar-refractivity contribution >= 4 is 17.8 Å². The lowest BCUT2D eigenvalue weighted by molar-refractivity contribution is -0.138. The third kappa shape index (κ3) is 5.60. The molecule has 24 heavy (non-hydrogen) atoms. The molecule has 2 N–H and O–H groups in total. The zero-order valence-corrected chi connectivity index (χ0v) is 13.9. The SMILES string of the molecule is CC(=O)N1CCN(C(=O)CCNC(=O)NCCc2ccco2)CC1. The summed E-state index contributed by atoms with van der Waals surface area (Å²) < 4.78 is 5.17. The van der Waals surface area contributed by atoms with Crippen LogP contribution in [-0.2, 0) is 16.0 Å². The van der Waals surface area contributed by atoms with Gasteiger partial charge in [0.1, 0.15) is 5.76 Å². The van der Waals surface area contributed by atoms with Crippen LogP contribution in [0.3, 0.4) is 0 Å². The molecule has 0 atom stereocenters. The topological polar surface area (TPSA) is 94.9 Å². The molecule has 0 spiro atoms. The molecule has 2 rings (SSSR count). The van der Waals surface area contributed by atoms with Crippen LogP contribution in [0, 0.1) is 0 Å². The second-order valence-electron chi connectivity index (χ2n) is 5.65. The van der Waals surface area contributed by atoms with Gasteiger partial charge >= 0.3 is 6.03 Å². The highest BCUT2D eigenvalue weighted by atomic mass is 16.3. The van der Waals surface area contributed by atoms with Gasteiger partial charge in [-0.15, -0.1) is 0 Å². The van der Waals surface area contributed by atoms with Crippen molar-refractivity contribution in [2.24, 2.45) is 0 Å². The predicted octanol–water partition coefficient (Wildman–Crippen LogP) is 0.202. The Labute approximate surface area is 141 Å². The minimum absolute atomic E-state index is 0.00547. The number of hydrogen-bond donors (Lipinski definition) is 2. The van der Waals surface area contributed by atoms with Gasteiger partial charge in [-0.2, -0.15) is 0 Å². The van der Waals surface area contributed by atoms with Gasteiger partial charge in [-0.05, 0) is 12.1 Å². The fourth-order valence-electron chi connectivity index (χ4n) is 2.53. The summed E-state index contributed by atoms with van der Waals surface area (Å²) >= 11 is 0. The minimum Gasteiger partial charge on any atom is -0.469 e. The smallest absolute Gasteiger partial charge is 0.314 e. The molecule has 1 aromatic rings. The average Bonchev–Trinajstić information content (AvgIpc) is 3.08. The Balaban J connectivity index is 1.55. The zero-order chi connectivity index (χ0) is 17.4. The summed E-state index contributed by atoms with van der Waals surface area (Å²) in [4.78, 5) is 38.4. The maximum absolute atomic E-state index is 12.1. The molecular formula is C16H24N4O4. The molecule has 1 aliphatic rings. The Kier molecular flexibility index (Phi) is 6.65. The first-order chi connectivity index (χ1) is 11.6. The summed E-state index contributed by atoms with van der Waals surface area (Å²) in [7, 11) is 0. The van der Waals surface area contributed by atoms with Crippen LogP contribution in [0.15, 0.2) is 22.8 Å². The molecule has 8 nitrogen and oxygen atoms in total. The predicted molar refractivity (Wildman–Crippen MR) is 87.3 cm³/mol. The number of nitrogens with zero attached hydrogens (tertiary/aromatic N) is 2. The van der Waals surface area contributed by atoms with Gasteiger partial charge in [-0.3, -0.25) is 9.59 Å². The number of nitrogens with one attached hydrogen (secondary N) is 2. The number of amides is 4. The Bertz CT molecular complexity index is 550. The van der Waals surface area contributed by atoms with E-state index in [0.717, 1.165) is 5.76 Å². The van der Waals surface area contributed by atoms with Gasteiger partial charge in [-0.1, -0.05) is 0 Å². The van der Waals surface area contributed by atoms with Crippen molar-refractivity contribution < 1.29 is 18.8 Å². The molecule has 8 heteroatoms. The van der Waals surface area contributed by atoms with Crippen LogP contribution in [-0.4, -0.2) is 66.9 Å². The third-order valence-corrected chi connectivity index (χ3v) is 3.94. The van der Waals surface area contributed by atoms with E-state index in [1.165, 1.54) is 6.92 Å². The first-order valence-corrected chi connectivity index (χ1v) is 8.13. The maximum Gasteiger partial charge on any atom is 0.314 e. The lowest BCUT2D eigenvalue weighted by Gasteiger charge is -2.34. The van der Waals surface area contributed by atoms with Crippen LogP contribution in [0.4, 0.5) is 4.79 Å². The molecule has 0 radical (unpaired) electrons. The number of hydrogen-bond acceptors (Lipinski definition) is 4. The molecular weight excluding hydrogens is 312 g/mol. The van der Waals surface area contributed by atoms with Crippen LogP contribution >= 0.6 is 0 Å². The van der Waals surface area contributed by atoms with Crippen LogP contribution in [0.25, 0.3) is 0 Å². The Morgan fingerprint density at radius 1 is 1.08 bits per heavy atom. The molecule has 132 valence electrons. The second-order valence-corrected chi connectivity index (χ2v) is 5.65. The lowest BCUT2D eigenvalue weighted by Crippen LogP contribution is -2.50. The fraction of sp³-hybridized carbons (Fsp3) is 0.562. The Morgan fingerprint density at radius 2 is 1.75 bits per heavy atom. The van der Waals surface area contributed by atoms with E-state index >= 15 is 0 Å². The molecule has 1 fully saturated rings. The molecule has 2 heterocycles. The van der Waals surface area contributed by atoms with E-state index in [1.54, 1.807) is 22.1 Å². The third-order valence-electron chi connectivity index (χ3n) is 3.94. The molecule has 0 saturated carbocycles. The molecule has 0 aliphatic carbocycles. The molecule has 1 aliphatic heterocycles.